The van der Waals surface area contributed by atoms with Crippen LogP contribution in [-0.4, -0.2) is 40.5 Å². The van der Waals surface area contributed by atoms with Crippen molar-refractivity contribution in [2.24, 2.45) is 0 Å². The van der Waals surface area contributed by atoms with Crippen LogP contribution in [0.4, 0.5) is 13.6 Å². The van der Waals surface area contributed by atoms with Gasteiger partial charge in [-0.3, -0.25) is 4.90 Å². The van der Waals surface area contributed by atoms with Crippen molar-refractivity contribution in [3.63, 3.8) is 0 Å². The average molecular weight is 317 g/mol. The maximum Gasteiger partial charge on any atom is 0.410 e. The first-order valence-corrected chi connectivity index (χ1v) is 7.44. The maximum absolute atomic E-state index is 13.3. The fourth-order valence-corrected chi connectivity index (χ4v) is 3.06. The second kappa shape index (κ2) is 6.19. The highest BCUT2D eigenvalue weighted by Crippen LogP contribution is 2.41. The number of hydrogen-bond acceptors (Lipinski definition) is 3. The Bertz CT molecular complexity index is 509. The van der Waals surface area contributed by atoms with Crippen LogP contribution in [0.5, 0.6) is 0 Å². The zero-order chi connectivity index (χ0) is 15.6. The number of halogens is 2. The van der Waals surface area contributed by atoms with Gasteiger partial charge in [0.2, 0.25) is 0 Å². The van der Waals surface area contributed by atoms with Crippen molar-refractivity contribution in [1.29, 1.82) is 0 Å². The molecule has 1 saturated heterocycles. The Balaban J connectivity index is 2.28. The van der Waals surface area contributed by atoms with Gasteiger partial charge in [-0.15, -0.1) is 0 Å². The summed E-state index contributed by atoms with van der Waals surface area (Å²) in [6, 6.07) is 5.45. The standard InChI is InChI=1S/C14H17F2NO3S/c1-14(2)17(13(18)19)11(7-15)12(20-14)9-3-5-10(6-4-9)21-8-16/h3-6,11-12H,7-8H2,1-2H3,(H,18,19)/t11-,12+/m0/s1. The second-order valence-electron chi connectivity index (χ2n) is 5.18. The lowest BCUT2D eigenvalue weighted by Gasteiger charge is -2.29. The molecule has 0 aromatic heterocycles. The summed E-state index contributed by atoms with van der Waals surface area (Å²) in [7, 11) is 0. The molecule has 1 amide bonds. The Morgan fingerprint density at radius 3 is 2.48 bits per heavy atom. The van der Waals surface area contributed by atoms with Gasteiger partial charge in [-0.2, -0.15) is 0 Å². The smallest absolute Gasteiger partial charge is 0.410 e. The molecule has 4 nitrogen and oxygen atoms in total. The summed E-state index contributed by atoms with van der Waals surface area (Å²) in [4.78, 5) is 13.1. The SMILES string of the molecule is CC1(C)O[C@H](c2ccc(SCF)cc2)[C@H](CF)N1C(=O)O. The number of hydrogen-bond donors (Lipinski definition) is 1. The van der Waals surface area contributed by atoms with E-state index in [0.29, 0.717) is 5.56 Å². The average Bonchev–Trinajstić information content (AvgIpc) is 2.71. The molecule has 0 radical (unpaired) electrons. The minimum absolute atomic E-state index is 0.522. The molecular weight excluding hydrogens is 300 g/mol. The Morgan fingerprint density at radius 2 is 2.00 bits per heavy atom. The van der Waals surface area contributed by atoms with Gasteiger partial charge in [-0.25, -0.2) is 13.6 Å². The third kappa shape index (κ3) is 3.13. The summed E-state index contributed by atoms with van der Waals surface area (Å²) in [5.74, 6) is 0. The van der Waals surface area contributed by atoms with Crippen LogP contribution in [0, 0.1) is 0 Å². The molecule has 0 aliphatic carbocycles. The number of thioether (sulfide) groups is 1. The van der Waals surface area contributed by atoms with E-state index in [4.69, 9.17) is 4.74 Å². The van der Waals surface area contributed by atoms with E-state index in [1.54, 1.807) is 38.1 Å². The van der Waals surface area contributed by atoms with Gasteiger partial charge in [0.25, 0.3) is 0 Å². The third-order valence-electron chi connectivity index (χ3n) is 3.47. The molecule has 1 N–H and O–H groups in total. The number of amides is 1. The van der Waals surface area contributed by atoms with E-state index in [-0.39, 0.29) is 0 Å². The zero-order valence-electron chi connectivity index (χ0n) is 11.8. The van der Waals surface area contributed by atoms with Crippen LogP contribution in [0.25, 0.3) is 0 Å². The van der Waals surface area contributed by atoms with Crippen molar-refractivity contribution in [3.05, 3.63) is 29.8 Å². The van der Waals surface area contributed by atoms with Crippen molar-refractivity contribution < 1.29 is 23.4 Å². The Kier molecular flexibility index (Phi) is 4.73. The number of alkyl halides is 2. The molecule has 0 saturated carbocycles. The zero-order valence-corrected chi connectivity index (χ0v) is 12.6. The van der Waals surface area contributed by atoms with Crippen LogP contribution >= 0.6 is 11.8 Å². The van der Waals surface area contributed by atoms with Crippen molar-refractivity contribution in [2.45, 2.75) is 36.6 Å². The monoisotopic (exact) mass is 317 g/mol. The van der Waals surface area contributed by atoms with Gasteiger partial charge in [0, 0.05) is 4.90 Å². The lowest BCUT2D eigenvalue weighted by molar-refractivity contribution is -0.0674. The molecule has 1 aliphatic rings. The van der Waals surface area contributed by atoms with E-state index < -0.39 is 36.6 Å². The Hall–Kier alpha value is -1.34. The lowest BCUT2D eigenvalue weighted by Crippen LogP contribution is -2.48. The van der Waals surface area contributed by atoms with Gasteiger partial charge >= 0.3 is 6.09 Å². The van der Waals surface area contributed by atoms with E-state index in [1.165, 1.54) is 0 Å². The van der Waals surface area contributed by atoms with Crippen LogP contribution in [0.2, 0.25) is 0 Å². The molecular formula is C14H17F2NO3S. The van der Waals surface area contributed by atoms with Crippen LogP contribution in [0.1, 0.15) is 25.5 Å². The second-order valence-corrected chi connectivity index (χ2v) is 6.16. The van der Waals surface area contributed by atoms with E-state index in [9.17, 15) is 18.7 Å². The topological polar surface area (TPSA) is 49.8 Å². The summed E-state index contributed by atoms with van der Waals surface area (Å²) in [5.41, 5.74) is -0.419. The first-order chi connectivity index (χ1) is 9.90. The van der Waals surface area contributed by atoms with Crippen molar-refractivity contribution in [2.75, 3.05) is 12.7 Å². The molecule has 1 heterocycles. The highest BCUT2D eigenvalue weighted by molar-refractivity contribution is 7.99. The fraction of sp³-hybridized carbons (Fsp3) is 0.500. The first kappa shape index (κ1) is 16.0. The summed E-state index contributed by atoms with van der Waals surface area (Å²) >= 11 is 1.05. The molecule has 1 fully saturated rings. The molecule has 0 bridgehead atoms. The van der Waals surface area contributed by atoms with Crippen LogP contribution in [-0.2, 0) is 4.74 Å². The molecule has 1 aromatic rings. The van der Waals surface area contributed by atoms with Crippen LogP contribution < -0.4 is 0 Å². The van der Waals surface area contributed by atoms with E-state index in [0.717, 1.165) is 21.6 Å². The quantitative estimate of drug-likeness (QED) is 0.858. The van der Waals surface area contributed by atoms with E-state index in [1.807, 2.05) is 0 Å². The number of rotatable bonds is 4. The third-order valence-corrected chi connectivity index (χ3v) is 4.19. The van der Waals surface area contributed by atoms with Gasteiger partial charge in [0.15, 0.2) is 0 Å². The number of nitrogens with zero attached hydrogens (tertiary/aromatic N) is 1. The molecule has 7 heteroatoms. The highest BCUT2D eigenvalue weighted by Gasteiger charge is 2.50. The largest absolute Gasteiger partial charge is 0.465 e. The number of carboxylic acid groups (broad SMARTS) is 1. The minimum Gasteiger partial charge on any atom is -0.465 e. The normalized spacial score (nSPS) is 24.3. The number of carbonyl (C=O) groups is 1. The summed E-state index contributed by atoms with van der Waals surface area (Å²) in [6.45, 7) is 2.36. The van der Waals surface area contributed by atoms with Crippen molar-refractivity contribution in [3.8, 4) is 0 Å². The van der Waals surface area contributed by atoms with Gasteiger partial charge in [0.1, 0.15) is 24.5 Å². The summed E-state index contributed by atoms with van der Waals surface area (Å²) in [5, 5.41) is 9.26. The fourth-order valence-electron chi connectivity index (χ4n) is 2.61. The number of ether oxygens (including phenoxy) is 1. The summed E-state index contributed by atoms with van der Waals surface area (Å²) < 4.78 is 31.3. The molecule has 1 aliphatic heterocycles. The summed E-state index contributed by atoms with van der Waals surface area (Å²) in [6.07, 6.45) is -1.89. The molecule has 116 valence electrons. The molecule has 0 spiro atoms. The molecule has 1 aromatic carbocycles. The predicted octanol–water partition coefficient (Wildman–Crippen LogP) is 3.83. The van der Waals surface area contributed by atoms with E-state index >= 15 is 0 Å². The Morgan fingerprint density at radius 1 is 1.38 bits per heavy atom. The Labute approximate surface area is 126 Å². The molecule has 2 rings (SSSR count). The van der Waals surface area contributed by atoms with Crippen LogP contribution in [0.15, 0.2) is 29.2 Å². The predicted molar refractivity (Wildman–Crippen MR) is 75.8 cm³/mol. The van der Waals surface area contributed by atoms with Crippen molar-refractivity contribution >= 4 is 17.9 Å². The van der Waals surface area contributed by atoms with Crippen molar-refractivity contribution in [1.82, 2.24) is 4.90 Å². The lowest BCUT2D eigenvalue weighted by atomic mass is 10.0. The molecule has 2 atom stereocenters. The molecule has 0 unspecified atom stereocenters. The van der Waals surface area contributed by atoms with Gasteiger partial charge in [-0.1, -0.05) is 23.9 Å². The van der Waals surface area contributed by atoms with Gasteiger partial charge in [-0.05, 0) is 31.5 Å². The number of benzene rings is 1. The molecule has 21 heavy (non-hydrogen) atoms. The maximum atomic E-state index is 13.3. The van der Waals surface area contributed by atoms with E-state index in [2.05, 4.69) is 0 Å². The first-order valence-electron chi connectivity index (χ1n) is 6.45. The van der Waals surface area contributed by atoms with Gasteiger partial charge < -0.3 is 9.84 Å². The highest BCUT2D eigenvalue weighted by atomic mass is 32.2. The van der Waals surface area contributed by atoms with Gasteiger partial charge in [0.05, 0.1) is 6.04 Å². The van der Waals surface area contributed by atoms with Crippen LogP contribution in [0.3, 0.4) is 0 Å². The minimum atomic E-state index is -1.21.